The molecule has 1 aromatic carbocycles. The van der Waals surface area contributed by atoms with Crippen molar-refractivity contribution in [1.82, 2.24) is 15.1 Å². The van der Waals surface area contributed by atoms with E-state index in [0.717, 1.165) is 16.4 Å². The lowest BCUT2D eigenvalue weighted by Crippen LogP contribution is -2.49. The molecule has 4 rings (SSSR count). The van der Waals surface area contributed by atoms with E-state index in [1.54, 1.807) is 28.4 Å². The van der Waals surface area contributed by atoms with Gasteiger partial charge in [0.15, 0.2) is 5.82 Å². The van der Waals surface area contributed by atoms with Crippen molar-refractivity contribution < 1.29 is 9.18 Å². The highest BCUT2D eigenvalue weighted by Crippen LogP contribution is 2.26. The zero-order chi connectivity index (χ0) is 17.2. The monoisotopic (exact) mass is 356 g/mol. The Morgan fingerprint density at radius 3 is 2.64 bits per heavy atom. The van der Waals surface area contributed by atoms with Gasteiger partial charge in [0.1, 0.15) is 5.82 Å². The minimum atomic E-state index is -0.470. The Morgan fingerprint density at radius 2 is 1.92 bits per heavy atom. The summed E-state index contributed by atoms with van der Waals surface area (Å²) in [5, 5.41) is 9.47. The Labute approximate surface area is 148 Å². The molecule has 2 aromatic heterocycles. The number of hydrogen-bond acceptors (Lipinski definition) is 4. The normalized spacial score (nSPS) is 14.8. The molecule has 0 bridgehead atoms. The molecule has 0 spiro atoms. The zero-order valence-electron chi connectivity index (χ0n) is 13.5. The van der Waals surface area contributed by atoms with Gasteiger partial charge in [0.2, 0.25) is 0 Å². The number of amides is 1. The SMILES string of the molecule is O=C(c1ccccc1F)N1CCN(c2cc(-c3cccs3)[nH]n2)CC1. The minimum absolute atomic E-state index is 0.135. The van der Waals surface area contributed by atoms with Crippen molar-refractivity contribution in [3.63, 3.8) is 0 Å². The van der Waals surface area contributed by atoms with Gasteiger partial charge in [-0.05, 0) is 23.6 Å². The lowest BCUT2D eigenvalue weighted by atomic mass is 10.1. The molecule has 0 saturated carbocycles. The lowest BCUT2D eigenvalue weighted by Gasteiger charge is -2.34. The quantitative estimate of drug-likeness (QED) is 0.784. The number of H-pyrrole nitrogens is 1. The number of aromatic amines is 1. The van der Waals surface area contributed by atoms with Crippen molar-refractivity contribution in [3.8, 4) is 10.6 Å². The summed E-state index contributed by atoms with van der Waals surface area (Å²) < 4.78 is 13.8. The lowest BCUT2D eigenvalue weighted by molar-refractivity contribution is 0.0742. The average molecular weight is 356 g/mol. The summed E-state index contributed by atoms with van der Waals surface area (Å²) in [6, 6.07) is 12.2. The second-order valence-electron chi connectivity index (χ2n) is 5.88. The van der Waals surface area contributed by atoms with E-state index in [9.17, 15) is 9.18 Å². The second-order valence-corrected chi connectivity index (χ2v) is 6.82. The van der Waals surface area contributed by atoms with E-state index in [0.29, 0.717) is 26.2 Å². The number of anilines is 1. The van der Waals surface area contributed by atoms with Crippen molar-refractivity contribution in [1.29, 1.82) is 0 Å². The van der Waals surface area contributed by atoms with Gasteiger partial charge in [0.05, 0.1) is 16.1 Å². The summed E-state index contributed by atoms with van der Waals surface area (Å²) in [5.74, 6) is 0.156. The van der Waals surface area contributed by atoms with E-state index in [1.165, 1.54) is 12.1 Å². The fourth-order valence-electron chi connectivity index (χ4n) is 2.97. The highest BCUT2D eigenvalue weighted by atomic mass is 32.1. The Kier molecular flexibility index (Phi) is 4.23. The second kappa shape index (κ2) is 6.68. The van der Waals surface area contributed by atoms with E-state index in [1.807, 2.05) is 23.6 Å². The molecular formula is C18H17FN4OS. The van der Waals surface area contributed by atoms with E-state index >= 15 is 0 Å². The van der Waals surface area contributed by atoms with Crippen LogP contribution in [0.5, 0.6) is 0 Å². The Balaban J connectivity index is 1.42. The minimum Gasteiger partial charge on any atom is -0.352 e. The van der Waals surface area contributed by atoms with Gasteiger partial charge >= 0.3 is 0 Å². The molecule has 128 valence electrons. The van der Waals surface area contributed by atoms with Gasteiger partial charge in [-0.25, -0.2) is 4.39 Å². The van der Waals surface area contributed by atoms with Crippen LogP contribution in [0.15, 0.2) is 47.8 Å². The summed E-state index contributed by atoms with van der Waals surface area (Å²) in [6.07, 6.45) is 0. The Bertz CT molecular complexity index is 869. The number of thiophene rings is 1. The molecule has 5 nitrogen and oxygen atoms in total. The number of piperazine rings is 1. The standard InChI is InChI=1S/C18H17FN4OS/c19-14-5-2-1-4-13(14)18(24)23-9-7-22(8-10-23)17-12-15(20-21-17)16-6-3-11-25-16/h1-6,11-12H,7-10H2,(H,20,21). The molecule has 1 fully saturated rings. The Morgan fingerprint density at radius 1 is 1.12 bits per heavy atom. The topological polar surface area (TPSA) is 52.2 Å². The molecule has 1 N–H and O–H groups in total. The highest BCUT2D eigenvalue weighted by Gasteiger charge is 2.25. The number of hydrogen-bond donors (Lipinski definition) is 1. The van der Waals surface area contributed by atoms with E-state index in [4.69, 9.17) is 0 Å². The maximum absolute atomic E-state index is 13.8. The third-order valence-corrected chi connectivity index (χ3v) is 5.25. The molecule has 7 heteroatoms. The number of carbonyl (C=O) groups excluding carboxylic acids is 1. The molecule has 0 unspecified atom stereocenters. The first-order valence-electron chi connectivity index (χ1n) is 8.10. The van der Waals surface area contributed by atoms with Crippen LogP contribution < -0.4 is 4.90 Å². The van der Waals surface area contributed by atoms with Crippen LogP contribution in [-0.4, -0.2) is 47.2 Å². The van der Waals surface area contributed by atoms with Crippen molar-refractivity contribution >= 4 is 23.1 Å². The van der Waals surface area contributed by atoms with Crippen LogP contribution in [0.1, 0.15) is 10.4 Å². The van der Waals surface area contributed by atoms with E-state index < -0.39 is 5.82 Å². The molecule has 3 heterocycles. The van der Waals surface area contributed by atoms with Crippen molar-refractivity contribution in [2.75, 3.05) is 31.1 Å². The number of carbonyl (C=O) groups is 1. The van der Waals surface area contributed by atoms with Crippen LogP contribution in [0, 0.1) is 5.82 Å². The molecule has 1 aliphatic rings. The van der Waals surface area contributed by atoms with Gasteiger partial charge in [0.25, 0.3) is 5.91 Å². The first kappa shape index (κ1) is 15.8. The number of rotatable bonds is 3. The molecular weight excluding hydrogens is 339 g/mol. The molecule has 1 amide bonds. The largest absolute Gasteiger partial charge is 0.352 e. The third-order valence-electron chi connectivity index (χ3n) is 4.35. The molecule has 0 radical (unpaired) electrons. The van der Waals surface area contributed by atoms with Crippen LogP contribution in [0.4, 0.5) is 10.2 Å². The maximum atomic E-state index is 13.8. The summed E-state index contributed by atoms with van der Waals surface area (Å²) in [7, 11) is 0. The predicted molar refractivity (Wildman–Crippen MR) is 96.4 cm³/mol. The summed E-state index contributed by atoms with van der Waals surface area (Å²) in [4.78, 5) is 17.4. The fraction of sp³-hybridized carbons (Fsp3) is 0.222. The van der Waals surface area contributed by atoms with Gasteiger partial charge in [-0.2, -0.15) is 5.10 Å². The number of halogens is 1. The number of aromatic nitrogens is 2. The smallest absolute Gasteiger partial charge is 0.256 e. The van der Waals surface area contributed by atoms with Crippen LogP contribution in [0.3, 0.4) is 0 Å². The predicted octanol–water partition coefficient (Wildman–Crippen LogP) is 3.24. The first-order chi connectivity index (χ1) is 12.2. The van der Waals surface area contributed by atoms with Gasteiger partial charge in [-0.3, -0.25) is 9.89 Å². The van der Waals surface area contributed by atoms with Crippen LogP contribution in [0.25, 0.3) is 10.6 Å². The fourth-order valence-corrected chi connectivity index (χ4v) is 3.67. The van der Waals surface area contributed by atoms with E-state index in [2.05, 4.69) is 15.1 Å². The van der Waals surface area contributed by atoms with Gasteiger partial charge < -0.3 is 9.80 Å². The van der Waals surface area contributed by atoms with Gasteiger partial charge in [-0.1, -0.05) is 18.2 Å². The molecule has 3 aromatic rings. The molecule has 0 aliphatic carbocycles. The number of nitrogens with zero attached hydrogens (tertiary/aromatic N) is 3. The molecule has 0 atom stereocenters. The van der Waals surface area contributed by atoms with Crippen molar-refractivity contribution in [2.24, 2.45) is 0 Å². The third kappa shape index (κ3) is 3.15. The molecule has 1 saturated heterocycles. The molecule has 1 aliphatic heterocycles. The van der Waals surface area contributed by atoms with E-state index in [-0.39, 0.29) is 11.5 Å². The molecule has 25 heavy (non-hydrogen) atoms. The highest BCUT2D eigenvalue weighted by molar-refractivity contribution is 7.13. The summed E-state index contributed by atoms with van der Waals surface area (Å²) in [6.45, 7) is 2.45. The summed E-state index contributed by atoms with van der Waals surface area (Å²) >= 11 is 1.66. The van der Waals surface area contributed by atoms with Gasteiger partial charge in [-0.15, -0.1) is 11.3 Å². The maximum Gasteiger partial charge on any atom is 0.256 e. The van der Waals surface area contributed by atoms with Gasteiger partial charge in [0, 0.05) is 32.2 Å². The first-order valence-corrected chi connectivity index (χ1v) is 8.98. The summed E-state index contributed by atoms with van der Waals surface area (Å²) in [5.41, 5.74) is 1.13. The van der Waals surface area contributed by atoms with Crippen LogP contribution in [-0.2, 0) is 0 Å². The van der Waals surface area contributed by atoms with Crippen molar-refractivity contribution in [3.05, 3.63) is 59.2 Å². The number of nitrogens with one attached hydrogen (secondary N) is 1. The Hall–Kier alpha value is -2.67. The average Bonchev–Trinajstić information content (AvgIpc) is 3.33. The van der Waals surface area contributed by atoms with Crippen LogP contribution >= 0.6 is 11.3 Å². The zero-order valence-corrected chi connectivity index (χ0v) is 14.3. The van der Waals surface area contributed by atoms with Crippen molar-refractivity contribution in [2.45, 2.75) is 0 Å². The number of benzene rings is 1. The van der Waals surface area contributed by atoms with Crippen LogP contribution in [0.2, 0.25) is 0 Å².